The minimum Gasteiger partial charge on any atom is -0.392 e. The molecule has 1 heterocycles. The van der Waals surface area contributed by atoms with Crippen LogP contribution in [0.1, 0.15) is 65.2 Å². The molecule has 0 radical (unpaired) electrons. The smallest absolute Gasteiger partial charge is 0.0692 e. The van der Waals surface area contributed by atoms with Crippen molar-refractivity contribution in [2.45, 2.75) is 83.4 Å². The first-order valence-corrected chi connectivity index (χ1v) is 8.91. The van der Waals surface area contributed by atoms with Gasteiger partial charge in [0.05, 0.1) is 6.10 Å². The van der Waals surface area contributed by atoms with Crippen molar-refractivity contribution in [2.75, 3.05) is 13.1 Å². The highest BCUT2D eigenvalue weighted by molar-refractivity contribution is 4.92. The number of rotatable bonds is 7. The molecule has 118 valence electrons. The SMILES string of the molecule is CCC(CC)C(O)CNC1CCCCC1C1CCCN1. The summed E-state index contributed by atoms with van der Waals surface area (Å²) in [6.07, 6.45) is 10.0. The summed E-state index contributed by atoms with van der Waals surface area (Å²) >= 11 is 0. The molecule has 0 amide bonds. The topological polar surface area (TPSA) is 44.3 Å². The van der Waals surface area contributed by atoms with Gasteiger partial charge in [0, 0.05) is 18.6 Å². The fraction of sp³-hybridized carbons (Fsp3) is 1.00. The highest BCUT2D eigenvalue weighted by Crippen LogP contribution is 2.30. The van der Waals surface area contributed by atoms with Crippen LogP contribution in [-0.2, 0) is 0 Å². The van der Waals surface area contributed by atoms with Gasteiger partial charge in [0.1, 0.15) is 0 Å². The first kappa shape index (κ1) is 16.3. The molecule has 3 nitrogen and oxygen atoms in total. The number of hydrogen-bond donors (Lipinski definition) is 3. The van der Waals surface area contributed by atoms with Crippen molar-refractivity contribution in [3.8, 4) is 0 Å². The fourth-order valence-electron chi connectivity index (χ4n) is 4.24. The number of hydrogen-bond acceptors (Lipinski definition) is 3. The normalized spacial score (nSPS) is 32.7. The second kappa shape index (κ2) is 8.35. The van der Waals surface area contributed by atoms with E-state index in [-0.39, 0.29) is 6.10 Å². The lowest BCUT2D eigenvalue weighted by Crippen LogP contribution is -2.49. The summed E-state index contributed by atoms with van der Waals surface area (Å²) in [5.74, 6) is 1.23. The van der Waals surface area contributed by atoms with E-state index in [0.717, 1.165) is 31.3 Å². The van der Waals surface area contributed by atoms with Gasteiger partial charge in [-0.05, 0) is 44.1 Å². The van der Waals surface area contributed by atoms with Crippen LogP contribution in [-0.4, -0.2) is 36.4 Å². The van der Waals surface area contributed by atoms with E-state index in [0.29, 0.717) is 12.0 Å². The van der Waals surface area contributed by atoms with Gasteiger partial charge in [0.25, 0.3) is 0 Å². The summed E-state index contributed by atoms with van der Waals surface area (Å²) in [5, 5.41) is 17.7. The summed E-state index contributed by atoms with van der Waals surface area (Å²) in [6.45, 7) is 6.34. The third kappa shape index (κ3) is 4.19. The Kier molecular flexibility index (Phi) is 6.79. The molecule has 20 heavy (non-hydrogen) atoms. The van der Waals surface area contributed by atoms with Gasteiger partial charge >= 0.3 is 0 Å². The minimum absolute atomic E-state index is 0.177. The van der Waals surface area contributed by atoms with Crippen LogP contribution < -0.4 is 10.6 Å². The monoisotopic (exact) mass is 282 g/mol. The van der Waals surface area contributed by atoms with E-state index in [4.69, 9.17) is 0 Å². The molecule has 0 bridgehead atoms. The molecule has 0 aromatic heterocycles. The maximum atomic E-state index is 10.3. The van der Waals surface area contributed by atoms with Crippen molar-refractivity contribution in [1.82, 2.24) is 10.6 Å². The van der Waals surface area contributed by atoms with Crippen molar-refractivity contribution >= 4 is 0 Å². The second-order valence-corrected chi connectivity index (χ2v) is 6.81. The average molecular weight is 282 g/mol. The van der Waals surface area contributed by atoms with E-state index in [2.05, 4.69) is 24.5 Å². The van der Waals surface area contributed by atoms with Crippen LogP contribution in [0.4, 0.5) is 0 Å². The lowest BCUT2D eigenvalue weighted by atomic mass is 9.79. The zero-order chi connectivity index (χ0) is 14.4. The van der Waals surface area contributed by atoms with E-state index in [1.54, 1.807) is 0 Å². The Bertz CT molecular complexity index is 262. The lowest BCUT2D eigenvalue weighted by molar-refractivity contribution is 0.0895. The molecule has 2 rings (SSSR count). The zero-order valence-electron chi connectivity index (χ0n) is 13.4. The minimum atomic E-state index is -0.177. The predicted octanol–water partition coefficient (Wildman–Crippen LogP) is 2.68. The van der Waals surface area contributed by atoms with Crippen LogP contribution >= 0.6 is 0 Å². The summed E-state index contributed by atoms with van der Waals surface area (Å²) in [4.78, 5) is 0. The highest BCUT2D eigenvalue weighted by atomic mass is 16.3. The Balaban J connectivity index is 1.82. The van der Waals surface area contributed by atoms with Crippen LogP contribution in [0.3, 0.4) is 0 Å². The zero-order valence-corrected chi connectivity index (χ0v) is 13.4. The first-order valence-electron chi connectivity index (χ1n) is 8.91. The van der Waals surface area contributed by atoms with Crippen molar-refractivity contribution in [1.29, 1.82) is 0 Å². The van der Waals surface area contributed by atoms with Crippen LogP contribution in [0.2, 0.25) is 0 Å². The first-order chi connectivity index (χ1) is 9.76. The summed E-state index contributed by atoms with van der Waals surface area (Å²) in [5.41, 5.74) is 0. The molecule has 1 saturated carbocycles. The van der Waals surface area contributed by atoms with Gasteiger partial charge in [-0.2, -0.15) is 0 Å². The lowest BCUT2D eigenvalue weighted by Gasteiger charge is -2.37. The maximum absolute atomic E-state index is 10.3. The van der Waals surface area contributed by atoms with E-state index in [1.165, 1.54) is 45.1 Å². The van der Waals surface area contributed by atoms with Crippen LogP contribution in [0, 0.1) is 11.8 Å². The average Bonchev–Trinajstić information content (AvgIpc) is 3.01. The molecule has 2 aliphatic rings. The molecule has 0 aromatic carbocycles. The van der Waals surface area contributed by atoms with Crippen molar-refractivity contribution < 1.29 is 5.11 Å². The van der Waals surface area contributed by atoms with Gasteiger partial charge in [-0.3, -0.25) is 0 Å². The molecule has 1 aliphatic carbocycles. The fourth-order valence-corrected chi connectivity index (χ4v) is 4.24. The molecule has 1 aliphatic heterocycles. The van der Waals surface area contributed by atoms with Crippen LogP contribution in [0.15, 0.2) is 0 Å². The Labute approximate surface area is 124 Å². The van der Waals surface area contributed by atoms with Gasteiger partial charge in [-0.1, -0.05) is 39.5 Å². The summed E-state index contributed by atoms with van der Waals surface area (Å²) < 4.78 is 0. The van der Waals surface area contributed by atoms with Gasteiger partial charge in [0.15, 0.2) is 0 Å². The van der Waals surface area contributed by atoms with Gasteiger partial charge in [0.2, 0.25) is 0 Å². The third-order valence-corrected chi connectivity index (χ3v) is 5.62. The standard InChI is InChI=1S/C17H34N2O/c1-3-13(4-2)17(20)12-19-16-9-6-5-8-14(16)15-10-7-11-18-15/h13-20H,3-12H2,1-2H3. The maximum Gasteiger partial charge on any atom is 0.0692 e. The van der Waals surface area contributed by atoms with E-state index in [1.807, 2.05) is 0 Å². The van der Waals surface area contributed by atoms with Gasteiger partial charge in [-0.25, -0.2) is 0 Å². The molecule has 3 heteroatoms. The number of aliphatic hydroxyl groups excluding tert-OH is 1. The molecule has 2 fully saturated rings. The highest BCUT2D eigenvalue weighted by Gasteiger charge is 2.33. The van der Waals surface area contributed by atoms with Crippen molar-refractivity contribution in [3.63, 3.8) is 0 Å². The molecule has 3 N–H and O–H groups in total. The molecule has 4 atom stereocenters. The summed E-state index contributed by atoms with van der Waals surface area (Å²) in [6, 6.07) is 1.33. The Morgan fingerprint density at radius 3 is 2.50 bits per heavy atom. The van der Waals surface area contributed by atoms with Gasteiger partial charge < -0.3 is 15.7 Å². The molecule has 1 saturated heterocycles. The number of nitrogens with one attached hydrogen (secondary N) is 2. The van der Waals surface area contributed by atoms with Crippen molar-refractivity contribution in [3.05, 3.63) is 0 Å². The Morgan fingerprint density at radius 1 is 1.10 bits per heavy atom. The molecule has 0 aromatic rings. The largest absolute Gasteiger partial charge is 0.392 e. The molecule has 4 unspecified atom stereocenters. The third-order valence-electron chi connectivity index (χ3n) is 5.62. The molecular weight excluding hydrogens is 248 g/mol. The quantitative estimate of drug-likeness (QED) is 0.673. The van der Waals surface area contributed by atoms with Crippen LogP contribution in [0.25, 0.3) is 0 Å². The number of aliphatic hydroxyl groups is 1. The van der Waals surface area contributed by atoms with Crippen molar-refractivity contribution in [2.24, 2.45) is 11.8 Å². The Morgan fingerprint density at radius 2 is 1.85 bits per heavy atom. The molecular formula is C17H34N2O. The van der Waals surface area contributed by atoms with E-state index < -0.39 is 0 Å². The second-order valence-electron chi connectivity index (χ2n) is 6.81. The van der Waals surface area contributed by atoms with Gasteiger partial charge in [-0.15, -0.1) is 0 Å². The van der Waals surface area contributed by atoms with E-state index >= 15 is 0 Å². The van der Waals surface area contributed by atoms with Crippen LogP contribution in [0.5, 0.6) is 0 Å². The Hall–Kier alpha value is -0.120. The van der Waals surface area contributed by atoms with E-state index in [9.17, 15) is 5.11 Å². The molecule has 0 spiro atoms. The summed E-state index contributed by atoms with van der Waals surface area (Å²) in [7, 11) is 0. The predicted molar refractivity (Wildman–Crippen MR) is 84.9 cm³/mol.